The van der Waals surface area contributed by atoms with Gasteiger partial charge in [0, 0.05) is 25.2 Å². The minimum atomic E-state index is 0.0888. The molecule has 0 aliphatic carbocycles. The monoisotopic (exact) mass is 289 g/mol. The molecule has 114 valence electrons. The van der Waals surface area contributed by atoms with Crippen LogP contribution in [-0.2, 0) is 13.5 Å². The molecule has 5 nitrogen and oxygen atoms in total. The topological polar surface area (TPSA) is 48.3 Å². The molecular weight excluding hydrogens is 266 g/mol. The standard InChI is InChI=1S/C16H23N3O2/c1-11-9-12(19(3)18-11)10-13(17-2)16-14(20-4)7-6-8-15(16)21-5/h6-9,13,17H,10H2,1-5H3. The second-order valence-corrected chi connectivity index (χ2v) is 5.02. The maximum absolute atomic E-state index is 5.50. The van der Waals surface area contributed by atoms with Crippen LogP contribution in [0.2, 0.25) is 0 Å². The maximum Gasteiger partial charge on any atom is 0.127 e. The molecule has 0 saturated carbocycles. The van der Waals surface area contributed by atoms with Crippen molar-refractivity contribution in [3.8, 4) is 11.5 Å². The molecule has 1 unspecified atom stereocenters. The Morgan fingerprint density at radius 1 is 1.24 bits per heavy atom. The van der Waals surface area contributed by atoms with E-state index in [1.807, 2.05) is 43.9 Å². The highest BCUT2D eigenvalue weighted by Gasteiger charge is 2.21. The molecule has 0 bridgehead atoms. The fourth-order valence-electron chi connectivity index (χ4n) is 2.64. The van der Waals surface area contributed by atoms with E-state index >= 15 is 0 Å². The summed E-state index contributed by atoms with van der Waals surface area (Å²) in [6.07, 6.45) is 0.810. The normalized spacial score (nSPS) is 12.2. The van der Waals surface area contributed by atoms with Gasteiger partial charge in [0.15, 0.2) is 0 Å². The molecule has 2 rings (SSSR count). The van der Waals surface area contributed by atoms with E-state index in [1.165, 1.54) is 5.69 Å². The van der Waals surface area contributed by atoms with Gasteiger partial charge in [-0.25, -0.2) is 0 Å². The molecule has 0 spiro atoms. The molecule has 1 heterocycles. The fourth-order valence-corrected chi connectivity index (χ4v) is 2.64. The first-order valence-electron chi connectivity index (χ1n) is 6.98. The second-order valence-electron chi connectivity index (χ2n) is 5.02. The van der Waals surface area contributed by atoms with Crippen LogP contribution in [0.5, 0.6) is 11.5 Å². The van der Waals surface area contributed by atoms with E-state index in [2.05, 4.69) is 16.5 Å². The lowest BCUT2D eigenvalue weighted by Crippen LogP contribution is -2.21. The van der Waals surface area contributed by atoms with Crippen LogP contribution < -0.4 is 14.8 Å². The third-order valence-electron chi connectivity index (χ3n) is 3.68. The number of benzene rings is 1. The number of methoxy groups -OCH3 is 2. The number of hydrogen-bond acceptors (Lipinski definition) is 4. The highest BCUT2D eigenvalue weighted by Crippen LogP contribution is 2.35. The van der Waals surface area contributed by atoms with Gasteiger partial charge in [-0.3, -0.25) is 4.68 Å². The Bertz CT molecular complexity index is 585. The van der Waals surface area contributed by atoms with Crippen molar-refractivity contribution in [2.75, 3.05) is 21.3 Å². The quantitative estimate of drug-likeness (QED) is 0.886. The number of nitrogens with one attached hydrogen (secondary N) is 1. The van der Waals surface area contributed by atoms with Crippen LogP contribution in [0, 0.1) is 6.92 Å². The molecule has 0 aliphatic heterocycles. The number of aromatic nitrogens is 2. The zero-order valence-corrected chi connectivity index (χ0v) is 13.3. The van der Waals surface area contributed by atoms with Crippen LogP contribution in [0.25, 0.3) is 0 Å². The molecule has 1 aromatic heterocycles. The van der Waals surface area contributed by atoms with Crippen molar-refractivity contribution in [3.05, 3.63) is 41.2 Å². The molecule has 1 aromatic carbocycles. The Hall–Kier alpha value is -2.01. The van der Waals surface area contributed by atoms with Gasteiger partial charge in [-0.1, -0.05) is 6.07 Å². The first kappa shape index (κ1) is 15.4. The van der Waals surface area contributed by atoms with Crippen molar-refractivity contribution in [1.82, 2.24) is 15.1 Å². The van der Waals surface area contributed by atoms with E-state index in [9.17, 15) is 0 Å². The van der Waals surface area contributed by atoms with Crippen LogP contribution in [0.3, 0.4) is 0 Å². The van der Waals surface area contributed by atoms with E-state index in [0.29, 0.717) is 0 Å². The number of likely N-dealkylation sites (N-methyl/N-ethyl adjacent to an activating group) is 1. The fraction of sp³-hybridized carbons (Fsp3) is 0.438. The first-order chi connectivity index (χ1) is 10.1. The van der Waals surface area contributed by atoms with E-state index in [0.717, 1.165) is 29.2 Å². The van der Waals surface area contributed by atoms with Crippen LogP contribution in [0.4, 0.5) is 0 Å². The highest BCUT2D eigenvalue weighted by molar-refractivity contribution is 5.47. The highest BCUT2D eigenvalue weighted by atomic mass is 16.5. The largest absolute Gasteiger partial charge is 0.496 e. The van der Waals surface area contributed by atoms with Crippen molar-refractivity contribution < 1.29 is 9.47 Å². The van der Waals surface area contributed by atoms with E-state index in [4.69, 9.17) is 9.47 Å². The molecular formula is C16H23N3O2. The third kappa shape index (κ3) is 3.19. The molecule has 21 heavy (non-hydrogen) atoms. The molecule has 0 fully saturated rings. The second kappa shape index (κ2) is 6.63. The zero-order valence-electron chi connectivity index (χ0n) is 13.3. The van der Waals surface area contributed by atoms with Crippen LogP contribution in [0.1, 0.15) is 23.0 Å². The summed E-state index contributed by atoms with van der Waals surface area (Å²) in [6, 6.07) is 8.03. The minimum Gasteiger partial charge on any atom is -0.496 e. The Kier molecular flexibility index (Phi) is 4.85. The number of rotatable bonds is 6. The lowest BCUT2D eigenvalue weighted by atomic mass is 9.99. The van der Waals surface area contributed by atoms with Gasteiger partial charge < -0.3 is 14.8 Å². The predicted molar refractivity (Wildman–Crippen MR) is 83.0 cm³/mol. The van der Waals surface area contributed by atoms with E-state index in [-0.39, 0.29) is 6.04 Å². The number of aryl methyl sites for hydroxylation is 2. The summed E-state index contributed by atoms with van der Waals surface area (Å²) in [5.74, 6) is 1.65. The van der Waals surface area contributed by atoms with Gasteiger partial charge in [-0.05, 0) is 32.2 Å². The molecule has 0 aliphatic rings. The van der Waals surface area contributed by atoms with Gasteiger partial charge in [0.1, 0.15) is 11.5 Å². The Balaban J connectivity index is 2.39. The van der Waals surface area contributed by atoms with Crippen molar-refractivity contribution in [1.29, 1.82) is 0 Å². The maximum atomic E-state index is 5.50. The zero-order chi connectivity index (χ0) is 15.4. The molecule has 0 amide bonds. The molecule has 1 N–H and O–H groups in total. The minimum absolute atomic E-state index is 0.0888. The lowest BCUT2D eigenvalue weighted by Gasteiger charge is -2.22. The van der Waals surface area contributed by atoms with Gasteiger partial charge in [0.05, 0.1) is 25.5 Å². The molecule has 0 radical (unpaired) electrons. The average Bonchev–Trinajstić information content (AvgIpc) is 2.81. The predicted octanol–water partition coefficient (Wildman–Crippen LogP) is 2.25. The van der Waals surface area contributed by atoms with E-state index < -0.39 is 0 Å². The smallest absolute Gasteiger partial charge is 0.127 e. The summed E-state index contributed by atoms with van der Waals surface area (Å²) in [6.45, 7) is 2.00. The Morgan fingerprint density at radius 2 is 1.86 bits per heavy atom. The van der Waals surface area contributed by atoms with Crippen LogP contribution >= 0.6 is 0 Å². The Labute approximate surface area is 125 Å². The van der Waals surface area contributed by atoms with Gasteiger partial charge in [-0.15, -0.1) is 0 Å². The van der Waals surface area contributed by atoms with Gasteiger partial charge in [-0.2, -0.15) is 5.10 Å². The lowest BCUT2D eigenvalue weighted by molar-refractivity contribution is 0.372. The summed E-state index contributed by atoms with van der Waals surface area (Å²) in [5, 5.41) is 7.76. The molecule has 1 atom stereocenters. The molecule has 5 heteroatoms. The summed E-state index contributed by atoms with van der Waals surface area (Å²) >= 11 is 0. The Morgan fingerprint density at radius 3 is 2.29 bits per heavy atom. The van der Waals surface area contributed by atoms with Gasteiger partial charge in [0.25, 0.3) is 0 Å². The van der Waals surface area contributed by atoms with Crippen LogP contribution in [-0.4, -0.2) is 31.0 Å². The van der Waals surface area contributed by atoms with Crippen molar-refractivity contribution in [2.24, 2.45) is 7.05 Å². The SMILES string of the molecule is CNC(Cc1cc(C)nn1C)c1c(OC)cccc1OC. The van der Waals surface area contributed by atoms with Crippen molar-refractivity contribution >= 4 is 0 Å². The summed E-state index contributed by atoms with van der Waals surface area (Å²) in [4.78, 5) is 0. The third-order valence-corrected chi connectivity index (χ3v) is 3.68. The first-order valence-corrected chi connectivity index (χ1v) is 6.98. The van der Waals surface area contributed by atoms with E-state index in [1.54, 1.807) is 14.2 Å². The van der Waals surface area contributed by atoms with Crippen LogP contribution in [0.15, 0.2) is 24.3 Å². The van der Waals surface area contributed by atoms with Gasteiger partial charge in [0.2, 0.25) is 0 Å². The van der Waals surface area contributed by atoms with Gasteiger partial charge >= 0.3 is 0 Å². The van der Waals surface area contributed by atoms with Crippen molar-refractivity contribution in [2.45, 2.75) is 19.4 Å². The number of nitrogens with zero attached hydrogens (tertiary/aromatic N) is 2. The summed E-state index contributed by atoms with van der Waals surface area (Å²) in [7, 11) is 7.27. The number of ether oxygens (including phenoxy) is 2. The molecule has 0 saturated heterocycles. The molecule has 2 aromatic rings. The summed E-state index contributed by atoms with van der Waals surface area (Å²) < 4.78 is 12.9. The number of hydrogen-bond donors (Lipinski definition) is 1. The summed E-state index contributed by atoms with van der Waals surface area (Å²) in [5.41, 5.74) is 3.22. The van der Waals surface area contributed by atoms with Crippen molar-refractivity contribution in [3.63, 3.8) is 0 Å². The average molecular weight is 289 g/mol.